The van der Waals surface area contributed by atoms with Crippen molar-refractivity contribution < 1.29 is 23.1 Å². The van der Waals surface area contributed by atoms with Crippen molar-refractivity contribution in [3.8, 4) is 0 Å². The standard InChI is InChI=1S/C28H23ClF3N3O2/c29-21-6-9-23-24(10-13-33-25(23)17-21)34-22-7-4-18(5-8-22)26(36)35-14-11-27(37,12-15-35)19-2-1-3-20(16-19)28(30,31)32/h1-10,13,16-17,37H,11-12,14-15H2,(H,33,34). The van der Waals surface area contributed by atoms with Crippen LogP contribution in [0.15, 0.2) is 79.0 Å². The smallest absolute Gasteiger partial charge is 0.385 e. The van der Waals surface area contributed by atoms with E-state index in [0.717, 1.165) is 34.4 Å². The number of pyridine rings is 1. The molecule has 4 aromatic rings. The van der Waals surface area contributed by atoms with Gasteiger partial charge in [-0.15, -0.1) is 0 Å². The van der Waals surface area contributed by atoms with Gasteiger partial charge in [0.05, 0.1) is 16.7 Å². The molecule has 1 amide bonds. The first-order chi connectivity index (χ1) is 17.6. The molecule has 0 aliphatic carbocycles. The third-order valence-corrected chi connectivity index (χ3v) is 6.96. The number of rotatable bonds is 4. The molecule has 0 spiro atoms. The molecule has 1 aromatic heterocycles. The van der Waals surface area contributed by atoms with E-state index in [1.807, 2.05) is 12.1 Å². The Morgan fingerprint density at radius 1 is 1.00 bits per heavy atom. The summed E-state index contributed by atoms with van der Waals surface area (Å²) in [6, 6.07) is 19.2. The highest BCUT2D eigenvalue weighted by Gasteiger charge is 2.38. The number of nitrogens with one attached hydrogen (secondary N) is 1. The highest BCUT2D eigenvalue weighted by molar-refractivity contribution is 6.31. The average Bonchev–Trinajstić information content (AvgIpc) is 2.89. The Hall–Kier alpha value is -3.62. The number of anilines is 2. The minimum Gasteiger partial charge on any atom is -0.385 e. The molecule has 5 rings (SSSR count). The van der Waals surface area contributed by atoms with E-state index >= 15 is 0 Å². The second kappa shape index (κ2) is 9.68. The summed E-state index contributed by atoms with van der Waals surface area (Å²) in [5.74, 6) is -0.193. The molecular weight excluding hydrogens is 503 g/mol. The number of likely N-dealkylation sites (tertiary alicyclic amines) is 1. The van der Waals surface area contributed by atoms with Crippen molar-refractivity contribution in [1.82, 2.24) is 9.88 Å². The van der Waals surface area contributed by atoms with Gasteiger partial charge in [0.1, 0.15) is 0 Å². The Morgan fingerprint density at radius 2 is 1.73 bits per heavy atom. The number of nitrogens with zero attached hydrogens (tertiary/aromatic N) is 2. The lowest BCUT2D eigenvalue weighted by Crippen LogP contribution is -2.45. The first kappa shape index (κ1) is 25.0. The maximum atomic E-state index is 13.1. The Bertz CT molecular complexity index is 1450. The van der Waals surface area contributed by atoms with Crippen LogP contribution in [0.3, 0.4) is 0 Å². The van der Waals surface area contributed by atoms with Crippen molar-refractivity contribution in [2.24, 2.45) is 0 Å². The largest absolute Gasteiger partial charge is 0.416 e. The molecule has 37 heavy (non-hydrogen) atoms. The van der Waals surface area contributed by atoms with Gasteiger partial charge < -0.3 is 15.3 Å². The average molecular weight is 526 g/mol. The van der Waals surface area contributed by atoms with Gasteiger partial charge in [0.25, 0.3) is 5.91 Å². The van der Waals surface area contributed by atoms with E-state index in [4.69, 9.17) is 11.6 Å². The van der Waals surface area contributed by atoms with Crippen LogP contribution in [0, 0.1) is 0 Å². The lowest BCUT2D eigenvalue weighted by molar-refractivity contribution is -0.137. The summed E-state index contributed by atoms with van der Waals surface area (Å²) in [6.07, 6.45) is -2.49. The topological polar surface area (TPSA) is 65.5 Å². The molecule has 190 valence electrons. The molecule has 3 aromatic carbocycles. The van der Waals surface area contributed by atoms with Crippen LogP contribution in [-0.4, -0.2) is 34.0 Å². The van der Waals surface area contributed by atoms with Crippen molar-refractivity contribution in [3.05, 3.63) is 101 Å². The third kappa shape index (κ3) is 5.26. The maximum Gasteiger partial charge on any atom is 0.416 e. The molecule has 0 saturated carbocycles. The summed E-state index contributed by atoms with van der Waals surface area (Å²) < 4.78 is 39.3. The number of amides is 1. The second-order valence-corrected chi connectivity index (χ2v) is 9.56. The molecule has 2 N–H and O–H groups in total. The van der Waals surface area contributed by atoms with E-state index in [-0.39, 0.29) is 37.4 Å². The number of hydrogen-bond acceptors (Lipinski definition) is 4. The molecule has 1 saturated heterocycles. The zero-order chi connectivity index (χ0) is 26.2. The zero-order valence-electron chi connectivity index (χ0n) is 19.6. The maximum absolute atomic E-state index is 13.1. The molecule has 5 nitrogen and oxygen atoms in total. The van der Waals surface area contributed by atoms with Crippen LogP contribution in [0.25, 0.3) is 10.9 Å². The van der Waals surface area contributed by atoms with Crippen LogP contribution in [-0.2, 0) is 11.8 Å². The normalized spacial score (nSPS) is 15.5. The summed E-state index contributed by atoms with van der Waals surface area (Å²) in [6.45, 7) is 0.467. The van der Waals surface area contributed by atoms with E-state index in [1.54, 1.807) is 47.5 Å². The van der Waals surface area contributed by atoms with Gasteiger partial charge >= 0.3 is 6.18 Å². The van der Waals surface area contributed by atoms with Crippen molar-refractivity contribution in [2.75, 3.05) is 18.4 Å². The molecule has 0 bridgehead atoms. The zero-order valence-corrected chi connectivity index (χ0v) is 20.4. The van der Waals surface area contributed by atoms with E-state index in [9.17, 15) is 23.1 Å². The molecule has 9 heteroatoms. The number of aliphatic hydroxyl groups is 1. The molecular formula is C28H23ClF3N3O2. The number of fused-ring (bicyclic) bond motifs is 1. The predicted molar refractivity (Wildman–Crippen MR) is 137 cm³/mol. The minimum absolute atomic E-state index is 0.152. The van der Waals surface area contributed by atoms with Crippen molar-refractivity contribution in [3.63, 3.8) is 0 Å². The number of carbonyl (C=O) groups excluding carboxylic acids is 1. The fourth-order valence-corrected chi connectivity index (χ4v) is 4.78. The molecule has 0 radical (unpaired) electrons. The quantitative estimate of drug-likeness (QED) is 0.308. The predicted octanol–water partition coefficient (Wildman–Crippen LogP) is 6.77. The van der Waals surface area contributed by atoms with Crippen LogP contribution in [0.1, 0.15) is 34.3 Å². The van der Waals surface area contributed by atoms with Crippen molar-refractivity contribution in [1.29, 1.82) is 0 Å². The SMILES string of the molecule is O=C(c1ccc(Nc2ccnc3cc(Cl)ccc23)cc1)N1CCC(O)(c2cccc(C(F)(F)F)c2)CC1. The Kier molecular flexibility index (Phi) is 6.56. The first-order valence-electron chi connectivity index (χ1n) is 11.7. The van der Waals surface area contributed by atoms with Gasteiger partial charge in [-0.2, -0.15) is 13.2 Å². The first-order valence-corrected chi connectivity index (χ1v) is 12.1. The summed E-state index contributed by atoms with van der Waals surface area (Å²) in [5, 5.41) is 15.9. The van der Waals surface area contributed by atoms with E-state index in [0.29, 0.717) is 10.6 Å². The van der Waals surface area contributed by atoms with E-state index in [2.05, 4.69) is 10.3 Å². The fourth-order valence-electron chi connectivity index (χ4n) is 4.62. The van der Waals surface area contributed by atoms with Gasteiger partial charge in [-0.05, 0) is 79.1 Å². The van der Waals surface area contributed by atoms with Crippen LogP contribution >= 0.6 is 11.6 Å². The van der Waals surface area contributed by atoms with Gasteiger partial charge in [0.2, 0.25) is 0 Å². The number of halogens is 4. The minimum atomic E-state index is -4.48. The number of carbonyl (C=O) groups is 1. The van der Waals surface area contributed by atoms with Crippen LogP contribution in [0.5, 0.6) is 0 Å². The summed E-state index contributed by atoms with van der Waals surface area (Å²) in [4.78, 5) is 19.0. The molecule has 1 aliphatic heterocycles. The second-order valence-electron chi connectivity index (χ2n) is 9.12. The highest BCUT2D eigenvalue weighted by Crippen LogP contribution is 2.37. The monoisotopic (exact) mass is 525 g/mol. The number of alkyl halides is 3. The van der Waals surface area contributed by atoms with Crippen molar-refractivity contribution in [2.45, 2.75) is 24.6 Å². The van der Waals surface area contributed by atoms with Gasteiger partial charge in [-0.1, -0.05) is 23.7 Å². The number of aromatic nitrogens is 1. The van der Waals surface area contributed by atoms with Gasteiger partial charge in [0.15, 0.2) is 0 Å². The summed E-state index contributed by atoms with van der Waals surface area (Å²) >= 11 is 6.06. The molecule has 1 aliphatic rings. The van der Waals surface area contributed by atoms with Gasteiger partial charge in [-0.25, -0.2) is 0 Å². The number of hydrogen-bond donors (Lipinski definition) is 2. The summed E-state index contributed by atoms with van der Waals surface area (Å²) in [7, 11) is 0. The number of benzene rings is 3. The van der Waals surface area contributed by atoms with Crippen LogP contribution < -0.4 is 5.32 Å². The fraction of sp³-hybridized carbons (Fsp3) is 0.214. The highest BCUT2D eigenvalue weighted by atomic mass is 35.5. The van der Waals surface area contributed by atoms with Crippen LogP contribution in [0.4, 0.5) is 24.5 Å². The molecule has 0 atom stereocenters. The Morgan fingerprint density at radius 3 is 2.43 bits per heavy atom. The Labute approximate surface area is 216 Å². The van der Waals surface area contributed by atoms with E-state index < -0.39 is 17.3 Å². The third-order valence-electron chi connectivity index (χ3n) is 6.72. The van der Waals surface area contributed by atoms with Crippen LogP contribution in [0.2, 0.25) is 5.02 Å². The van der Waals surface area contributed by atoms with Gasteiger partial charge in [-0.3, -0.25) is 9.78 Å². The van der Waals surface area contributed by atoms with Crippen molar-refractivity contribution >= 4 is 39.8 Å². The molecule has 2 heterocycles. The van der Waals surface area contributed by atoms with E-state index in [1.165, 1.54) is 12.1 Å². The van der Waals surface area contributed by atoms with Gasteiger partial charge in [0, 0.05) is 46.6 Å². The molecule has 1 fully saturated rings. The lowest BCUT2D eigenvalue weighted by Gasteiger charge is -2.38. The lowest BCUT2D eigenvalue weighted by atomic mass is 9.83. The molecule has 0 unspecified atom stereocenters. The summed E-state index contributed by atoms with van der Waals surface area (Å²) in [5.41, 5.74) is 0.900. The number of piperidine rings is 1. The Balaban J connectivity index is 1.25.